The van der Waals surface area contributed by atoms with Gasteiger partial charge in [0.1, 0.15) is 18.1 Å². The number of imide groups is 1. The van der Waals surface area contributed by atoms with Crippen molar-refractivity contribution >= 4 is 17.9 Å². The minimum Gasteiger partial charge on any atom is -0.497 e. The van der Waals surface area contributed by atoms with Crippen molar-refractivity contribution in [1.29, 1.82) is 0 Å². The van der Waals surface area contributed by atoms with Crippen molar-refractivity contribution in [1.82, 2.24) is 9.80 Å². The highest BCUT2D eigenvalue weighted by Gasteiger charge is 2.44. The molecule has 0 unspecified atom stereocenters. The minimum absolute atomic E-state index is 0.0686. The summed E-state index contributed by atoms with van der Waals surface area (Å²) in [4.78, 5) is 41.0. The predicted octanol–water partition coefficient (Wildman–Crippen LogP) is 2.64. The third kappa shape index (κ3) is 4.39. The monoisotopic (exact) mass is 438 g/mol. The van der Waals surface area contributed by atoms with Gasteiger partial charge < -0.3 is 19.1 Å². The molecule has 0 bridgehead atoms. The van der Waals surface area contributed by atoms with E-state index in [-0.39, 0.29) is 37.4 Å². The normalized spacial score (nSPS) is 20.4. The number of carbonyl (C=O) groups is 3. The molecule has 2 atom stereocenters. The first-order valence-corrected chi connectivity index (χ1v) is 10.5. The predicted molar refractivity (Wildman–Crippen MR) is 115 cm³/mol. The molecule has 8 heteroatoms. The Morgan fingerprint density at radius 2 is 1.88 bits per heavy atom. The zero-order valence-electron chi connectivity index (χ0n) is 18.2. The summed E-state index contributed by atoms with van der Waals surface area (Å²) in [5, 5.41) is 0. The smallest absolute Gasteiger partial charge is 0.416 e. The fourth-order valence-electron chi connectivity index (χ4n) is 4.24. The molecule has 2 aromatic rings. The van der Waals surface area contributed by atoms with E-state index in [4.69, 9.17) is 14.2 Å². The van der Waals surface area contributed by atoms with E-state index in [9.17, 15) is 14.4 Å². The first-order chi connectivity index (χ1) is 15.5. The molecule has 32 heavy (non-hydrogen) atoms. The number of methoxy groups -OCH3 is 2. The van der Waals surface area contributed by atoms with Gasteiger partial charge in [-0.15, -0.1) is 0 Å². The third-order valence-corrected chi connectivity index (χ3v) is 5.93. The number of rotatable bonds is 7. The van der Waals surface area contributed by atoms with Crippen LogP contribution in [0.2, 0.25) is 0 Å². The Labute approximate surface area is 186 Å². The van der Waals surface area contributed by atoms with E-state index in [1.54, 1.807) is 31.3 Å². The van der Waals surface area contributed by atoms with E-state index in [2.05, 4.69) is 0 Å². The lowest BCUT2D eigenvalue weighted by atomic mass is 10.0. The second-order valence-corrected chi connectivity index (χ2v) is 7.98. The Hall–Kier alpha value is -3.55. The Morgan fingerprint density at radius 1 is 1.09 bits per heavy atom. The van der Waals surface area contributed by atoms with Crippen LogP contribution in [0.1, 0.15) is 17.5 Å². The molecule has 3 amide bonds. The molecule has 0 aromatic heterocycles. The van der Waals surface area contributed by atoms with Gasteiger partial charge in [0.15, 0.2) is 0 Å². The highest BCUT2D eigenvalue weighted by atomic mass is 16.6. The summed E-state index contributed by atoms with van der Waals surface area (Å²) in [5.41, 5.74) is 1.83. The summed E-state index contributed by atoms with van der Waals surface area (Å²) in [5.74, 6) is 0.191. The first-order valence-electron chi connectivity index (χ1n) is 10.5. The van der Waals surface area contributed by atoms with Crippen molar-refractivity contribution < 1.29 is 28.6 Å². The summed E-state index contributed by atoms with van der Waals surface area (Å²) in [6.45, 7) is 0.718. The third-order valence-electron chi connectivity index (χ3n) is 5.93. The van der Waals surface area contributed by atoms with Gasteiger partial charge in [-0.25, -0.2) is 9.69 Å². The number of hydrogen-bond donors (Lipinski definition) is 0. The number of likely N-dealkylation sites (tertiary alicyclic amines) is 1. The van der Waals surface area contributed by atoms with Crippen LogP contribution in [0.3, 0.4) is 0 Å². The number of nitrogens with zero attached hydrogens (tertiary/aromatic N) is 2. The zero-order chi connectivity index (χ0) is 22.7. The SMILES string of the molecule is COc1ccc(CN2C[C@@H](C(=O)N3C(=O)OC[C@H]3Cc3ccccc3)CC2=O)c(OC)c1. The van der Waals surface area contributed by atoms with Crippen LogP contribution in [0.4, 0.5) is 4.79 Å². The Balaban J connectivity index is 1.45. The molecule has 8 nitrogen and oxygen atoms in total. The van der Waals surface area contributed by atoms with Crippen LogP contribution in [0, 0.1) is 5.92 Å². The molecule has 0 saturated carbocycles. The number of cyclic esters (lactones) is 1. The molecule has 2 aliphatic heterocycles. The average Bonchev–Trinajstić information content (AvgIpc) is 3.36. The maximum Gasteiger partial charge on any atom is 0.416 e. The van der Waals surface area contributed by atoms with Crippen LogP contribution in [-0.2, 0) is 27.3 Å². The maximum absolute atomic E-state index is 13.2. The van der Waals surface area contributed by atoms with Gasteiger partial charge in [-0.1, -0.05) is 30.3 Å². The quantitative estimate of drug-likeness (QED) is 0.661. The van der Waals surface area contributed by atoms with E-state index in [1.807, 2.05) is 36.4 Å². The van der Waals surface area contributed by atoms with Crippen molar-refractivity contribution in [3.63, 3.8) is 0 Å². The summed E-state index contributed by atoms with van der Waals surface area (Å²) in [7, 11) is 3.13. The molecule has 2 heterocycles. The van der Waals surface area contributed by atoms with Gasteiger partial charge in [-0.3, -0.25) is 9.59 Å². The second-order valence-electron chi connectivity index (χ2n) is 7.98. The Morgan fingerprint density at radius 3 is 2.59 bits per heavy atom. The molecule has 2 saturated heterocycles. The lowest BCUT2D eigenvalue weighted by Gasteiger charge is -2.23. The van der Waals surface area contributed by atoms with Gasteiger partial charge >= 0.3 is 6.09 Å². The summed E-state index contributed by atoms with van der Waals surface area (Å²) < 4.78 is 15.8. The van der Waals surface area contributed by atoms with E-state index in [1.165, 1.54) is 4.90 Å². The molecule has 0 aliphatic carbocycles. The van der Waals surface area contributed by atoms with Crippen molar-refractivity contribution in [3.05, 3.63) is 59.7 Å². The molecule has 0 spiro atoms. The first kappa shape index (κ1) is 21.7. The average molecular weight is 438 g/mol. The van der Waals surface area contributed by atoms with Crippen molar-refractivity contribution in [3.8, 4) is 11.5 Å². The molecule has 0 N–H and O–H groups in total. The molecular formula is C24H26N2O6. The van der Waals surface area contributed by atoms with Gasteiger partial charge in [0.2, 0.25) is 11.8 Å². The van der Waals surface area contributed by atoms with Crippen LogP contribution < -0.4 is 9.47 Å². The number of hydrogen-bond acceptors (Lipinski definition) is 6. The summed E-state index contributed by atoms with van der Waals surface area (Å²) >= 11 is 0. The fourth-order valence-corrected chi connectivity index (χ4v) is 4.24. The topological polar surface area (TPSA) is 85.4 Å². The number of benzene rings is 2. The molecule has 168 valence electrons. The molecule has 2 fully saturated rings. The van der Waals surface area contributed by atoms with Gasteiger partial charge in [0, 0.05) is 31.1 Å². The van der Waals surface area contributed by atoms with E-state index in [0.29, 0.717) is 24.5 Å². The largest absolute Gasteiger partial charge is 0.497 e. The van der Waals surface area contributed by atoms with Gasteiger partial charge in [-0.2, -0.15) is 0 Å². The van der Waals surface area contributed by atoms with E-state index in [0.717, 1.165) is 11.1 Å². The van der Waals surface area contributed by atoms with Crippen LogP contribution in [0.15, 0.2) is 48.5 Å². The second kappa shape index (κ2) is 9.30. The number of amides is 3. The van der Waals surface area contributed by atoms with Crippen molar-refractivity contribution in [2.24, 2.45) is 5.92 Å². The maximum atomic E-state index is 13.2. The van der Waals surface area contributed by atoms with Gasteiger partial charge in [-0.05, 0) is 24.1 Å². The minimum atomic E-state index is -0.640. The Bertz CT molecular complexity index is 1010. The van der Waals surface area contributed by atoms with Crippen molar-refractivity contribution in [2.75, 3.05) is 27.4 Å². The molecule has 0 radical (unpaired) electrons. The molecular weight excluding hydrogens is 412 g/mol. The molecule has 2 aliphatic rings. The lowest BCUT2D eigenvalue weighted by Crippen LogP contribution is -2.44. The number of ether oxygens (including phenoxy) is 3. The fraction of sp³-hybridized carbons (Fsp3) is 0.375. The molecule has 2 aromatic carbocycles. The van der Waals surface area contributed by atoms with Gasteiger partial charge in [0.25, 0.3) is 0 Å². The lowest BCUT2D eigenvalue weighted by molar-refractivity contribution is -0.134. The van der Waals surface area contributed by atoms with Crippen LogP contribution in [-0.4, -0.2) is 61.1 Å². The Kier molecular flexibility index (Phi) is 6.30. The summed E-state index contributed by atoms with van der Waals surface area (Å²) in [6.07, 6.45) is -0.0520. The number of carbonyl (C=O) groups excluding carboxylic acids is 3. The zero-order valence-corrected chi connectivity index (χ0v) is 18.2. The van der Waals surface area contributed by atoms with Crippen molar-refractivity contribution in [2.45, 2.75) is 25.4 Å². The standard InChI is InChI=1S/C24H26N2O6/c1-30-20-9-8-17(21(12-20)31-2)13-25-14-18(11-22(25)27)23(28)26-19(15-32-24(26)29)10-16-6-4-3-5-7-16/h3-9,12,18-19H,10-11,13-15H2,1-2H3/t18-,19+/m0/s1. The summed E-state index contributed by atoms with van der Waals surface area (Å²) in [6, 6.07) is 14.7. The van der Waals surface area contributed by atoms with E-state index >= 15 is 0 Å². The van der Waals surface area contributed by atoms with Crippen LogP contribution in [0.25, 0.3) is 0 Å². The van der Waals surface area contributed by atoms with Crippen LogP contribution in [0.5, 0.6) is 11.5 Å². The van der Waals surface area contributed by atoms with Gasteiger partial charge in [0.05, 0.1) is 26.2 Å². The van der Waals surface area contributed by atoms with E-state index < -0.39 is 12.0 Å². The highest BCUT2D eigenvalue weighted by molar-refractivity contribution is 5.98. The van der Waals surface area contributed by atoms with Crippen LogP contribution >= 0.6 is 0 Å². The highest BCUT2D eigenvalue weighted by Crippen LogP contribution is 2.30. The molecule has 4 rings (SSSR count).